The molecule has 2 fully saturated rings. The second-order valence-corrected chi connectivity index (χ2v) is 15.6. The fraction of sp³-hybridized carbons (Fsp3) is 0.462. The fourth-order valence-corrected chi connectivity index (χ4v) is 8.64. The fourth-order valence-electron chi connectivity index (χ4n) is 7.38. The summed E-state index contributed by atoms with van der Waals surface area (Å²) >= 11 is 1.82. The molecule has 46 heavy (non-hydrogen) atoms. The van der Waals surface area contributed by atoms with Gasteiger partial charge in [0.1, 0.15) is 5.82 Å². The molecule has 2 aromatic carbocycles. The van der Waals surface area contributed by atoms with E-state index in [0.717, 1.165) is 35.5 Å². The number of aromatic nitrogens is 2. The number of hydrogen-bond acceptors (Lipinski definition) is 5. The number of benzene rings is 2. The quantitative estimate of drug-likeness (QED) is 0.225. The molecule has 2 aliphatic carbocycles. The first-order valence-corrected chi connectivity index (χ1v) is 17.9. The number of carbonyl (C=O) groups is 1. The van der Waals surface area contributed by atoms with Gasteiger partial charge in [-0.1, -0.05) is 82.5 Å². The molecule has 1 atom stereocenters. The highest BCUT2D eigenvalue weighted by Crippen LogP contribution is 2.54. The van der Waals surface area contributed by atoms with Crippen LogP contribution in [0.3, 0.4) is 0 Å². The Morgan fingerprint density at radius 1 is 1.02 bits per heavy atom. The van der Waals surface area contributed by atoms with Gasteiger partial charge in [0.25, 0.3) is 11.5 Å². The second-order valence-electron chi connectivity index (χ2n) is 14.7. The van der Waals surface area contributed by atoms with Gasteiger partial charge in [-0.2, -0.15) is 0 Å². The first-order valence-electron chi connectivity index (χ1n) is 17.0. The van der Waals surface area contributed by atoms with Gasteiger partial charge in [-0.25, -0.2) is 4.98 Å². The van der Waals surface area contributed by atoms with Crippen LogP contribution in [0.1, 0.15) is 123 Å². The minimum Gasteiger partial charge on any atom is -0.378 e. The molecule has 4 aromatic rings. The van der Waals surface area contributed by atoms with Gasteiger partial charge in [0.15, 0.2) is 6.10 Å². The number of aryl methyl sites for hydroxylation is 1. The summed E-state index contributed by atoms with van der Waals surface area (Å²) < 4.78 is 0. The molecule has 1 amide bonds. The molecular formula is C39H45N3O3S. The zero-order chi connectivity index (χ0) is 32.1. The molecular weight excluding hydrogens is 591 g/mol. The number of thiophene rings is 1. The van der Waals surface area contributed by atoms with Gasteiger partial charge in [0, 0.05) is 11.4 Å². The van der Waals surface area contributed by atoms with E-state index in [1.165, 1.54) is 48.1 Å². The molecule has 0 saturated heterocycles. The lowest BCUT2D eigenvalue weighted by molar-refractivity contribution is -0.141. The minimum absolute atomic E-state index is 0.0148. The number of nitrogens with zero attached hydrogens (tertiary/aromatic N) is 2. The monoisotopic (exact) mass is 635 g/mol. The maximum atomic E-state index is 13.7. The SMILES string of the molecule is CC(C)(C)c1cccc(-c2cccc([C@@H](O)C(=O)N3CCCc4nc(C5(c6cc(C7CCCCC7)cs6)CC5)[nH]c(=O)c4C3)c2)c1. The van der Waals surface area contributed by atoms with Crippen LogP contribution in [-0.4, -0.2) is 32.4 Å². The van der Waals surface area contributed by atoms with Crippen molar-refractivity contribution in [3.8, 4) is 11.1 Å². The number of carbonyl (C=O) groups excluding carboxylic acids is 1. The summed E-state index contributed by atoms with van der Waals surface area (Å²) in [5, 5.41) is 13.6. The number of rotatable bonds is 6. The van der Waals surface area contributed by atoms with Crippen LogP contribution < -0.4 is 5.56 Å². The van der Waals surface area contributed by atoms with E-state index >= 15 is 0 Å². The number of fused-ring (bicyclic) bond motifs is 1. The van der Waals surface area contributed by atoms with Gasteiger partial charge in [0.05, 0.1) is 23.2 Å². The number of aromatic amines is 1. The van der Waals surface area contributed by atoms with E-state index in [1.807, 2.05) is 29.5 Å². The van der Waals surface area contributed by atoms with Crippen LogP contribution in [0.15, 0.2) is 64.8 Å². The van der Waals surface area contributed by atoms with Gasteiger partial charge in [-0.05, 0) is 95.2 Å². The largest absolute Gasteiger partial charge is 0.378 e. The van der Waals surface area contributed by atoms with Crippen LogP contribution in [0.4, 0.5) is 0 Å². The molecule has 3 heterocycles. The highest BCUT2D eigenvalue weighted by Gasteiger charge is 2.50. The molecule has 0 bridgehead atoms. The van der Waals surface area contributed by atoms with Gasteiger partial charge in [-0.3, -0.25) is 9.59 Å². The topological polar surface area (TPSA) is 86.3 Å². The van der Waals surface area contributed by atoms with E-state index in [9.17, 15) is 14.7 Å². The maximum Gasteiger partial charge on any atom is 0.256 e. The average Bonchev–Trinajstić information content (AvgIpc) is 3.78. The Kier molecular flexibility index (Phi) is 8.26. The lowest BCUT2D eigenvalue weighted by Gasteiger charge is -2.24. The molecule has 3 aliphatic rings. The van der Waals surface area contributed by atoms with Gasteiger partial charge in [-0.15, -0.1) is 11.3 Å². The standard InChI is InChI=1S/C39H45N3O3S/c1-38(2,3)30-15-8-13-27(21-30)26-12-7-14-28(20-26)34(43)36(45)42-19-9-16-32-31(23-42)35(44)41-37(40-32)39(17-18-39)33-22-29(24-46-33)25-10-5-4-6-11-25/h7-8,12-15,20-22,24-25,34,43H,4-6,9-11,16-19,23H2,1-3H3,(H,40,41,44)/t34-/m1/s1. The Morgan fingerprint density at radius 3 is 2.50 bits per heavy atom. The lowest BCUT2D eigenvalue weighted by Crippen LogP contribution is -2.36. The Balaban J connectivity index is 1.10. The summed E-state index contributed by atoms with van der Waals surface area (Å²) in [4.78, 5) is 38.5. The van der Waals surface area contributed by atoms with Crippen LogP contribution in [0.2, 0.25) is 0 Å². The minimum atomic E-state index is -1.31. The van der Waals surface area contributed by atoms with E-state index in [-0.39, 0.29) is 28.8 Å². The van der Waals surface area contributed by atoms with Crippen molar-refractivity contribution in [2.45, 2.75) is 108 Å². The molecule has 0 unspecified atom stereocenters. The number of H-pyrrole nitrogens is 1. The van der Waals surface area contributed by atoms with Crippen molar-refractivity contribution >= 4 is 17.2 Å². The highest BCUT2D eigenvalue weighted by molar-refractivity contribution is 7.10. The summed E-state index contributed by atoms with van der Waals surface area (Å²) in [6.45, 7) is 7.18. The number of aliphatic hydroxyl groups is 1. The van der Waals surface area contributed by atoms with E-state index in [0.29, 0.717) is 36.4 Å². The number of aliphatic hydroxyl groups excluding tert-OH is 1. The number of hydrogen-bond donors (Lipinski definition) is 2. The third kappa shape index (κ3) is 6.00. The molecule has 2 N–H and O–H groups in total. The number of amides is 1. The first kappa shape index (κ1) is 31.1. The van der Waals surface area contributed by atoms with Crippen LogP contribution in [-0.2, 0) is 28.6 Å². The Labute approximate surface area is 275 Å². The van der Waals surface area contributed by atoms with E-state index in [1.54, 1.807) is 11.0 Å². The zero-order valence-corrected chi connectivity index (χ0v) is 28.1. The van der Waals surface area contributed by atoms with Gasteiger partial charge >= 0.3 is 0 Å². The van der Waals surface area contributed by atoms with Crippen LogP contribution in [0.5, 0.6) is 0 Å². The van der Waals surface area contributed by atoms with Gasteiger partial charge in [0.2, 0.25) is 0 Å². The number of nitrogens with one attached hydrogen (secondary N) is 1. The molecule has 240 valence electrons. The predicted molar refractivity (Wildman–Crippen MR) is 184 cm³/mol. The van der Waals surface area contributed by atoms with E-state index in [2.05, 4.69) is 61.5 Å². The maximum absolute atomic E-state index is 13.7. The highest BCUT2D eigenvalue weighted by atomic mass is 32.1. The predicted octanol–water partition coefficient (Wildman–Crippen LogP) is 7.93. The van der Waals surface area contributed by atoms with Crippen molar-refractivity contribution in [1.82, 2.24) is 14.9 Å². The van der Waals surface area contributed by atoms with E-state index in [4.69, 9.17) is 4.98 Å². The van der Waals surface area contributed by atoms with Crippen molar-refractivity contribution in [2.24, 2.45) is 0 Å². The Morgan fingerprint density at radius 2 is 1.76 bits per heavy atom. The van der Waals surface area contributed by atoms with Crippen molar-refractivity contribution in [3.05, 3.63) is 109 Å². The summed E-state index contributed by atoms with van der Waals surface area (Å²) in [5.74, 6) is 1.06. The van der Waals surface area contributed by atoms with Crippen LogP contribution >= 0.6 is 11.3 Å². The summed E-state index contributed by atoms with van der Waals surface area (Å²) in [6, 6.07) is 18.4. The van der Waals surface area contributed by atoms with Crippen molar-refractivity contribution in [2.75, 3.05) is 6.54 Å². The summed E-state index contributed by atoms with van der Waals surface area (Å²) in [5.41, 5.74) is 6.23. The molecule has 0 radical (unpaired) electrons. The second kappa shape index (κ2) is 12.2. The Hall–Kier alpha value is -3.55. The first-order chi connectivity index (χ1) is 22.1. The average molecular weight is 636 g/mol. The molecule has 2 aromatic heterocycles. The zero-order valence-electron chi connectivity index (χ0n) is 27.3. The normalized spacial score (nSPS) is 18.9. The van der Waals surface area contributed by atoms with E-state index < -0.39 is 6.10 Å². The Bertz CT molecular complexity index is 1810. The third-order valence-electron chi connectivity index (χ3n) is 10.5. The molecule has 2 saturated carbocycles. The van der Waals surface area contributed by atoms with Crippen LogP contribution in [0, 0.1) is 0 Å². The molecule has 0 spiro atoms. The summed E-state index contributed by atoms with van der Waals surface area (Å²) in [6.07, 6.45) is 8.54. The van der Waals surface area contributed by atoms with Gasteiger partial charge < -0.3 is 15.0 Å². The van der Waals surface area contributed by atoms with Crippen molar-refractivity contribution < 1.29 is 9.90 Å². The summed E-state index contributed by atoms with van der Waals surface area (Å²) in [7, 11) is 0. The molecule has 1 aliphatic heterocycles. The third-order valence-corrected chi connectivity index (χ3v) is 11.6. The lowest BCUT2D eigenvalue weighted by atomic mass is 9.85. The molecule has 6 nitrogen and oxygen atoms in total. The smallest absolute Gasteiger partial charge is 0.256 e. The molecule has 7 rings (SSSR count). The van der Waals surface area contributed by atoms with Crippen molar-refractivity contribution in [3.63, 3.8) is 0 Å². The van der Waals surface area contributed by atoms with Crippen LogP contribution in [0.25, 0.3) is 11.1 Å². The molecule has 7 heteroatoms. The van der Waals surface area contributed by atoms with Crippen molar-refractivity contribution in [1.29, 1.82) is 0 Å².